The van der Waals surface area contributed by atoms with Crippen LogP contribution in [0.1, 0.15) is 34.6 Å². The van der Waals surface area contributed by atoms with E-state index in [1.165, 1.54) is 0 Å². The molecule has 244 valence electrons. The second kappa shape index (κ2) is 16.8. The molecule has 0 amide bonds. The highest BCUT2D eigenvalue weighted by atomic mass is 79.9. The van der Waals surface area contributed by atoms with E-state index in [1.54, 1.807) is 0 Å². The summed E-state index contributed by atoms with van der Waals surface area (Å²) in [4.78, 5) is 71.1. The van der Waals surface area contributed by atoms with Gasteiger partial charge in [-0.1, -0.05) is 15.9 Å². The van der Waals surface area contributed by atoms with Crippen molar-refractivity contribution in [3.8, 4) is 0 Å². The molecule has 18 heteroatoms. The third-order valence-corrected chi connectivity index (χ3v) is 6.31. The Labute approximate surface area is 254 Å². The Morgan fingerprint density at radius 1 is 0.628 bits per heavy atom. The van der Waals surface area contributed by atoms with Crippen molar-refractivity contribution in [1.29, 1.82) is 0 Å². The summed E-state index contributed by atoms with van der Waals surface area (Å²) in [5.41, 5.74) is 0. The van der Waals surface area contributed by atoms with Gasteiger partial charge < -0.3 is 47.4 Å². The molecular formula is C25H34BrFO16. The average Bonchev–Trinajstić information content (AvgIpc) is 2.90. The first-order valence-corrected chi connectivity index (χ1v) is 14.0. The van der Waals surface area contributed by atoms with Crippen LogP contribution in [0.4, 0.5) is 4.39 Å². The van der Waals surface area contributed by atoms with Crippen molar-refractivity contribution in [2.45, 2.75) is 96.1 Å². The normalized spacial score (nSPS) is 32.1. The number of esters is 6. The third-order valence-electron chi connectivity index (χ3n) is 5.85. The van der Waals surface area contributed by atoms with Gasteiger partial charge in [-0.25, -0.2) is 4.39 Å². The summed E-state index contributed by atoms with van der Waals surface area (Å²) >= 11 is 2.94. The zero-order valence-electron chi connectivity index (χ0n) is 24.2. The standard InChI is InChI=1S/C25H34BrFO16/c1-10(28)37-19-15(42-24(34-6)21(18(19)27)39-12(3)30)9-36-25-23(41-14(5)32)22(40-13(4)31)20(38-11(2)29)16(43-25)8-35-17(33)7-26/h15-16,18-25H,7-9H2,1-6H3. The molecule has 2 fully saturated rings. The van der Waals surface area contributed by atoms with Crippen LogP contribution in [0.25, 0.3) is 0 Å². The minimum absolute atomic E-state index is 0.183. The quantitative estimate of drug-likeness (QED) is 0.151. The molecule has 0 spiro atoms. The number of hydrogen-bond acceptors (Lipinski definition) is 16. The molecule has 0 aromatic carbocycles. The Morgan fingerprint density at radius 2 is 1.07 bits per heavy atom. The number of ether oxygens (including phenoxy) is 10. The Kier molecular flexibility index (Phi) is 14.2. The van der Waals surface area contributed by atoms with Gasteiger partial charge >= 0.3 is 35.8 Å². The lowest BCUT2D eigenvalue weighted by Gasteiger charge is -2.45. The zero-order chi connectivity index (χ0) is 32.4. The molecule has 2 saturated heterocycles. The number of carbonyl (C=O) groups is 6. The van der Waals surface area contributed by atoms with Gasteiger partial charge in [-0.05, 0) is 0 Å². The molecule has 10 atom stereocenters. The lowest BCUT2D eigenvalue weighted by molar-refractivity contribution is -0.328. The second-order valence-electron chi connectivity index (χ2n) is 9.29. The Bertz CT molecular complexity index is 1030. The topological polar surface area (TPSA) is 195 Å². The maximum absolute atomic E-state index is 15.6. The molecule has 2 rings (SSSR count). The van der Waals surface area contributed by atoms with E-state index in [0.717, 1.165) is 41.7 Å². The third kappa shape index (κ3) is 10.6. The maximum Gasteiger partial charge on any atom is 0.316 e. The predicted molar refractivity (Wildman–Crippen MR) is 138 cm³/mol. The molecule has 0 N–H and O–H groups in total. The first kappa shape index (κ1) is 36.3. The van der Waals surface area contributed by atoms with Crippen LogP contribution in [0.3, 0.4) is 0 Å². The number of methoxy groups -OCH3 is 1. The molecule has 2 heterocycles. The van der Waals surface area contributed by atoms with E-state index >= 15 is 4.39 Å². The van der Waals surface area contributed by atoms with Gasteiger partial charge in [-0.2, -0.15) is 0 Å². The summed E-state index contributed by atoms with van der Waals surface area (Å²) < 4.78 is 69.2. The van der Waals surface area contributed by atoms with Crippen LogP contribution in [-0.2, 0) is 76.1 Å². The minimum atomic E-state index is -2.13. The molecule has 0 aromatic rings. The smallest absolute Gasteiger partial charge is 0.316 e. The van der Waals surface area contributed by atoms with E-state index in [4.69, 9.17) is 47.4 Å². The fourth-order valence-electron chi connectivity index (χ4n) is 4.36. The average molecular weight is 689 g/mol. The largest absolute Gasteiger partial charge is 0.462 e. The van der Waals surface area contributed by atoms with Crippen molar-refractivity contribution in [2.75, 3.05) is 25.7 Å². The number of carbonyl (C=O) groups excluding carboxylic acids is 6. The van der Waals surface area contributed by atoms with Crippen LogP contribution in [0.15, 0.2) is 0 Å². The predicted octanol–water partition coefficient (Wildman–Crippen LogP) is 0.0339. The Morgan fingerprint density at radius 3 is 1.58 bits per heavy atom. The summed E-state index contributed by atoms with van der Waals surface area (Å²) in [7, 11) is 1.16. The van der Waals surface area contributed by atoms with E-state index in [-0.39, 0.29) is 5.33 Å². The van der Waals surface area contributed by atoms with Crippen molar-refractivity contribution in [3.05, 3.63) is 0 Å². The number of hydrogen-bond donors (Lipinski definition) is 0. The minimum Gasteiger partial charge on any atom is -0.462 e. The zero-order valence-corrected chi connectivity index (χ0v) is 25.8. The van der Waals surface area contributed by atoms with Gasteiger partial charge in [0, 0.05) is 41.7 Å². The van der Waals surface area contributed by atoms with Crippen LogP contribution in [-0.4, -0.2) is 123 Å². The van der Waals surface area contributed by atoms with Gasteiger partial charge in [0.25, 0.3) is 0 Å². The molecule has 0 radical (unpaired) electrons. The van der Waals surface area contributed by atoms with Gasteiger partial charge in [-0.3, -0.25) is 28.8 Å². The van der Waals surface area contributed by atoms with E-state index < -0.39 is 111 Å². The van der Waals surface area contributed by atoms with Crippen LogP contribution < -0.4 is 0 Å². The first-order valence-electron chi connectivity index (χ1n) is 12.9. The van der Waals surface area contributed by atoms with Crippen molar-refractivity contribution in [2.24, 2.45) is 0 Å². The number of rotatable bonds is 12. The van der Waals surface area contributed by atoms with Crippen LogP contribution in [0, 0.1) is 0 Å². The maximum atomic E-state index is 15.6. The highest BCUT2D eigenvalue weighted by molar-refractivity contribution is 9.09. The van der Waals surface area contributed by atoms with Gasteiger partial charge in [0.2, 0.25) is 0 Å². The highest BCUT2D eigenvalue weighted by Gasteiger charge is 2.55. The number of halogens is 2. The van der Waals surface area contributed by atoms with Crippen LogP contribution >= 0.6 is 15.9 Å². The summed E-state index contributed by atoms with van der Waals surface area (Å²) in [6, 6.07) is 0. The monoisotopic (exact) mass is 688 g/mol. The molecule has 10 unspecified atom stereocenters. The molecule has 0 saturated carbocycles. The Balaban J connectivity index is 2.43. The molecular weight excluding hydrogens is 655 g/mol. The van der Waals surface area contributed by atoms with Crippen molar-refractivity contribution in [1.82, 2.24) is 0 Å². The second-order valence-corrected chi connectivity index (χ2v) is 9.85. The van der Waals surface area contributed by atoms with E-state index in [2.05, 4.69) is 15.9 Å². The van der Waals surface area contributed by atoms with Crippen LogP contribution in [0.5, 0.6) is 0 Å². The lowest BCUT2D eigenvalue weighted by Crippen LogP contribution is -2.64. The summed E-state index contributed by atoms with van der Waals surface area (Å²) in [5.74, 6) is -5.01. The fourth-order valence-corrected chi connectivity index (χ4v) is 4.53. The van der Waals surface area contributed by atoms with E-state index in [0.29, 0.717) is 0 Å². The van der Waals surface area contributed by atoms with E-state index in [1.807, 2.05) is 0 Å². The van der Waals surface area contributed by atoms with Crippen molar-refractivity contribution >= 4 is 51.7 Å². The summed E-state index contributed by atoms with van der Waals surface area (Å²) in [6.45, 7) is 4.07. The first-order chi connectivity index (χ1) is 20.2. The molecule has 0 bridgehead atoms. The van der Waals surface area contributed by atoms with E-state index in [9.17, 15) is 28.8 Å². The SMILES string of the molecule is COC1OC(COC2OC(COC(=O)CBr)C(OC(C)=O)C(OC(C)=O)C2OC(C)=O)C(OC(C)=O)C(F)C1OC(C)=O. The fraction of sp³-hybridized carbons (Fsp3) is 0.760. The molecule has 2 aliphatic rings. The van der Waals surface area contributed by atoms with Crippen LogP contribution in [0.2, 0.25) is 0 Å². The molecule has 43 heavy (non-hydrogen) atoms. The molecule has 0 aromatic heterocycles. The summed E-state index contributed by atoms with van der Waals surface area (Å²) in [5, 5.41) is -0.183. The molecule has 0 aliphatic carbocycles. The van der Waals surface area contributed by atoms with Crippen molar-refractivity contribution in [3.63, 3.8) is 0 Å². The number of alkyl halides is 2. The van der Waals surface area contributed by atoms with Gasteiger partial charge in [0.1, 0.15) is 24.1 Å². The highest BCUT2D eigenvalue weighted by Crippen LogP contribution is 2.33. The van der Waals surface area contributed by atoms with Crippen molar-refractivity contribution < 1.29 is 80.5 Å². The summed E-state index contributed by atoms with van der Waals surface area (Å²) in [6.07, 6.45) is -15.7. The lowest BCUT2D eigenvalue weighted by atomic mass is 9.97. The van der Waals surface area contributed by atoms with Gasteiger partial charge in [0.05, 0.1) is 6.61 Å². The van der Waals surface area contributed by atoms with Gasteiger partial charge in [0.15, 0.2) is 49.3 Å². The molecule has 16 nitrogen and oxygen atoms in total. The van der Waals surface area contributed by atoms with Gasteiger partial charge in [-0.15, -0.1) is 0 Å². The Hall–Kier alpha value is -2.93. The molecule has 2 aliphatic heterocycles.